The maximum atomic E-state index is 14.3. The lowest BCUT2D eigenvalue weighted by Crippen LogP contribution is -2.38. The molecule has 3 rings (SSSR count). The van der Waals surface area contributed by atoms with Crippen LogP contribution in [0.1, 0.15) is 23.7 Å². The minimum absolute atomic E-state index is 0.259. The van der Waals surface area contributed by atoms with Crippen molar-refractivity contribution in [1.29, 1.82) is 5.26 Å². The maximum Gasteiger partial charge on any atom is 0.129 e. The Labute approximate surface area is 150 Å². The lowest BCUT2D eigenvalue weighted by molar-refractivity contribution is 0.104. The zero-order valence-corrected chi connectivity index (χ0v) is 14.2. The van der Waals surface area contributed by atoms with Crippen molar-refractivity contribution in [1.82, 2.24) is 4.98 Å². The zero-order chi connectivity index (χ0) is 18.6. The highest BCUT2D eigenvalue weighted by Gasteiger charge is 2.32. The third-order valence-corrected chi connectivity index (χ3v) is 3.99. The van der Waals surface area contributed by atoms with E-state index in [9.17, 15) is 4.39 Å². The molecule has 0 unspecified atom stereocenters. The predicted octanol–water partition coefficient (Wildman–Crippen LogP) is 2.78. The number of aliphatic imine (C=N–C) groups is 1. The first-order valence-electron chi connectivity index (χ1n) is 8.01. The van der Waals surface area contributed by atoms with Crippen LogP contribution in [0.4, 0.5) is 10.1 Å². The van der Waals surface area contributed by atoms with Gasteiger partial charge in [-0.2, -0.15) is 5.26 Å². The predicted molar refractivity (Wildman–Crippen MR) is 97.8 cm³/mol. The van der Waals surface area contributed by atoms with E-state index in [4.69, 9.17) is 15.7 Å². The van der Waals surface area contributed by atoms with E-state index in [0.29, 0.717) is 28.3 Å². The van der Waals surface area contributed by atoms with Gasteiger partial charge in [-0.3, -0.25) is 9.98 Å². The van der Waals surface area contributed by atoms with Gasteiger partial charge < -0.3 is 15.8 Å². The molecule has 1 aromatic carbocycles. The molecule has 26 heavy (non-hydrogen) atoms. The van der Waals surface area contributed by atoms with Crippen molar-refractivity contribution in [3.63, 3.8) is 0 Å². The van der Waals surface area contributed by atoms with E-state index in [1.165, 1.54) is 12.3 Å². The number of hydrogen-bond donors (Lipinski definition) is 2. The summed E-state index contributed by atoms with van der Waals surface area (Å²) in [5, 5.41) is 11.9. The average Bonchev–Trinajstić information content (AvgIpc) is 2.63. The first-order chi connectivity index (χ1) is 12.5. The maximum absolute atomic E-state index is 14.3. The highest BCUT2D eigenvalue weighted by atomic mass is 19.1. The Hall–Kier alpha value is -3.24. The fraction of sp³-hybridized carbons (Fsp3) is 0.211. The number of nitrogens with zero attached hydrogens (tertiary/aromatic N) is 3. The normalized spacial score (nSPS) is 19.8. The van der Waals surface area contributed by atoms with Crippen LogP contribution < -0.4 is 11.1 Å². The molecule has 0 spiro atoms. The van der Waals surface area contributed by atoms with Gasteiger partial charge in [0, 0.05) is 23.6 Å². The fourth-order valence-corrected chi connectivity index (χ4v) is 2.69. The minimum atomic E-state index is -0.859. The summed E-state index contributed by atoms with van der Waals surface area (Å²) < 4.78 is 19.8. The number of rotatable bonds is 4. The number of pyridine rings is 1. The molecule has 2 heterocycles. The van der Waals surface area contributed by atoms with Crippen LogP contribution in [0.3, 0.4) is 0 Å². The second kappa shape index (κ2) is 7.33. The molecule has 7 heteroatoms. The van der Waals surface area contributed by atoms with E-state index in [-0.39, 0.29) is 19.0 Å². The van der Waals surface area contributed by atoms with Gasteiger partial charge in [0.05, 0.1) is 17.9 Å². The van der Waals surface area contributed by atoms with Crippen molar-refractivity contribution in [2.24, 2.45) is 10.7 Å². The number of nitrogens with one attached hydrogen (secondary N) is 1. The Balaban J connectivity index is 1.78. The third kappa shape index (κ3) is 3.87. The van der Waals surface area contributed by atoms with E-state index in [1.54, 1.807) is 43.5 Å². The lowest BCUT2D eigenvalue weighted by Gasteiger charge is -2.30. The lowest BCUT2D eigenvalue weighted by atomic mass is 9.92. The van der Waals surface area contributed by atoms with Gasteiger partial charge >= 0.3 is 0 Å². The average molecular weight is 351 g/mol. The highest BCUT2D eigenvalue weighted by molar-refractivity contribution is 5.82. The number of benzene rings is 1. The molecule has 1 aliphatic heterocycles. The van der Waals surface area contributed by atoms with Crippen molar-refractivity contribution < 1.29 is 9.13 Å². The van der Waals surface area contributed by atoms with Crippen molar-refractivity contribution in [2.45, 2.75) is 12.5 Å². The summed E-state index contributed by atoms with van der Waals surface area (Å²) >= 11 is 0. The molecule has 132 valence electrons. The van der Waals surface area contributed by atoms with E-state index in [2.05, 4.69) is 15.3 Å². The largest absolute Gasteiger partial charge is 0.386 e. The first kappa shape index (κ1) is 17.6. The van der Waals surface area contributed by atoms with Gasteiger partial charge in [-0.05, 0) is 43.3 Å². The summed E-state index contributed by atoms with van der Waals surface area (Å²) in [6.45, 7) is 2.31. The highest BCUT2D eigenvalue weighted by Crippen LogP contribution is 2.32. The van der Waals surface area contributed by atoms with Crippen LogP contribution in [0, 0.1) is 17.1 Å². The van der Waals surface area contributed by atoms with Gasteiger partial charge in [0.25, 0.3) is 0 Å². The first-order valence-corrected chi connectivity index (χ1v) is 8.01. The molecule has 0 amide bonds. The second-order valence-corrected chi connectivity index (χ2v) is 6.13. The Morgan fingerprint density at radius 1 is 1.38 bits per heavy atom. The summed E-state index contributed by atoms with van der Waals surface area (Å²) in [4.78, 5) is 8.53. The number of ether oxygens (including phenoxy) is 1. The van der Waals surface area contributed by atoms with Gasteiger partial charge in [0.1, 0.15) is 29.9 Å². The summed E-state index contributed by atoms with van der Waals surface area (Å²) in [6.07, 6.45) is 4.95. The number of aromatic nitrogens is 1. The molecular formula is C19H18FN5O. The van der Waals surface area contributed by atoms with Crippen LogP contribution in [0.5, 0.6) is 0 Å². The molecule has 1 aliphatic rings. The summed E-state index contributed by atoms with van der Waals surface area (Å²) in [5.41, 5.74) is 7.20. The third-order valence-electron chi connectivity index (χ3n) is 3.99. The van der Waals surface area contributed by atoms with Crippen molar-refractivity contribution in [3.8, 4) is 6.07 Å². The van der Waals surface area contributed by atoms with Crippen LogP contribution in [0.15, 0.2) is 47.7 Å². The van der Waals surface area contributed by atoms with Crippen LogP contribution >= 0.6 is 0 Å². The molecule has 6 nitrogen and oxygen atoms in total. The number of nitrogens with two attached hydrogens (primary N) is 1. The Bertz CT molecular complexity index is 901. The molecule has 0 saturated carbocycles. The summed E-state index contributed by atoms with van der Waals surface area (Å²) in [6, 6.07) is 10.2. The van der Waals surface area contributed by atoms with Crippen LogP contribution in [-0.2, 0) is 10.3 Å². The van der Waals surface area contributed by atoms with Crippen LogP contribution in [-0.4, -0.2) is 24.0 Å². The number of anilines is 1. The Morgan fingerprint density at radius 2 is 2.23 bits per heavy atom. The summed E-state index contributed by atoms with van der Waals surface area (Å²) in [7, 11) is 0. The van der Waals surface area contributed by atoms with Crippen LogP contribution in [0.25, 0.3) is 6.08 Å². The molecular weight excluding hydrogens is 333 g/mol. The second-order valence-electron chi connectivity index (χ2n) is 6.13. The Kier molecular flexibility index (Phi) is 4.96. The zero-order valence-electron chi connectivity index (χ0n) is 14.2. The van der Waals surface area contributed by atoms with Gasteiger partial charge in [0.2, 0.25) is 0 Å². The molecule has 0 radical (unpaired) electrons. The molecule has 1 atom stereocenters. The van der Waals surface area contributed by atoms with Crippen molar-refractivity contribution >= 4 is 17.6 Å². The summed E-state index contributed by atoms with van der Waals surface area (Å²) in [5.74, 6) is -0.0128. The molecule has 0 fully saturated rings. The van der Waals surface area contributed by atoms with E-state index in [0.717, 1.165) is 0 Å². The molecule has 0 saturated heterocycles. The van der Waals surface area contributed by atoms with E-state index in [1.807, 2.05) is 6.07 Å². The fourth-order valence-electron chi connectivity index (χ4n) is 2.69. The van der Waals surface area contributed by atoms with E-state index < -0.39 is 5.54 Å². The monoisotopic (exact) mass is 351 g/mol. The smallest absolute Gasteiger partial charge is 0.129 e. The topological polar surface area (TPSA) is 96.3 Å². The standard InChI is InChI=1S/C19H18FN5O/c1-19(12-26-11-18(22)25-19)16-8-15(4-5-17(16)20)23-7-6-14-3-2-13(9-21)10-24-14/h2-8,10,23H,11-12H2,1H3,(H2,22,25)/b7-6+/t19-/m0/s1. The molecule has 0 bridgehead atoms. The van der Waals surface area contributed by atoms with E-state index >= 15 is 0 Å². The van der Waals surface area contributed by atoms with Gasteiger partial charge in [-0.25, -0.2) is 4.39 Å². The van der Waals surface area contributed by atoms with Crippen LogP contribution in [0.2, 0.25) is 0 Å². The Morgan fingerprint density at radius 3 is 2.92 bits per heavy atom. The number of hydrogen-bond acceptors (Lipinski definition) is 6. The SMILES string of the molecule is C[C@@]1(c2cc(N/C=C/c3ccc(C#N)cn3)ccc2F)COCC(N)=N1. The number of nitriles is 1. The van der Waals surface area contributed by atoms with Crippen molar-refractivity contribution in [3.05, 3.63) is 65.4 Å². The molecule has 0 aliphatic carbocycles. The van der Waals surface area contributed by atoms with Gasteiger partial charge in [0.15, 0.2) is 0 Å². The molecule has 1 aromatic heterocycles. The van der Waals surface area contributed by atoms with Gasteiger partial charge in [-0.15, -0.1) is 0 Å². The van der Waals surface area contributed by atoms with Crippen molar-refractivity contribution in [2.75, 3.05) is 18.5 Å². The quantitative estimate of drug-likeness (QED) is 0.883. The number of halogens is 1. The number of amidine groups is 1. The molecule has 3 N–H and O–H groups in total. The molecule has 2 aromatic rings. The van der Waals surface area contributed by atoms with Gasteiger partial charge in [-0.1, -0.05) is 0 Å². The minimum Gasteiger partial charge on any atom is -0.386 e.